The van der Waals surface area contributed by atoms with Gasteiger partial charge < -0.3 is 9.30 Å². The molecule has 0 fully saturated rings. The van der Waals surface area contributed by atoms with Gasteiger partial charge in [0.15, 0.2) is 5.78 Å². The first-order chi connectivity index (χ1) is 13.5. The van der Waals surface area contributed by atoms with Gasteiger partial charge in [-0.3, -0.25) is 4.79 Å². The van der Waals surface area contributed by atoms with Crippen molar-refractivity contribution in [1.82, 2.24) is 9.55 Å². The summed E-state index contributed by atoms with van der Waals surface area (Å²) in [5, 5.41) is 9.14. The van der Waals surface area contributed by atoms with E-state index in [1.54, 1.807) is 19.2 Å². The minimum absolute atomic E-state index is 0.0344. The third kappa shape index (κ3) is 5.00. The number of carbonyl (C=O) groups excluding carboxylic acids is 1. The largest absolute Gasteiger partial charge is 0.417 e. The predicted octanol–water partition coefficient (Wildman–Crippen LogP) is 4.88. The van der Waals surface area contributed by atoms with Gasteiger partial charge in [0.05, 0.1) is 29.5 Å². The molecule has 5 nitrogen and oxygen atoms in total. The van der Waals surface area contributed by atoms with Crippen molar-refractivity contribution in [2.45, 2.75) is 44.9 Å². The Balaban J connectivity index is 2.30. The Morgan fingerprint density at radius 1 is 1.34 bits per heavy atom. The second kappa shape index (κ2) is 9.01. The van der Waals surface area contributed by atoms with E-state index in [2.05, 4.69) is 4.98 Å². The number of alkyl halides is 3. The Kier molecular flexibility index (Phi) is 7.14. The van der Waals surface area contributed by atoms with Crippen LogP contribution >= 0.6 is 11.8 Å². The summed E-state index contributed by atoms with van der Waals surface area (Å²) in [5.41, 5.74) is 0.713. The highest BCUT2D eigenvalue weighted by Crippen LogP contribution is 2.36. The summed E-state index contributed by atoms with van der Waals surface area (Å²) in [6.07, 6.45) is -4.67. The fraction of sp³-hybridized carbons (Fsp3) is 0.450. The normalized spacial score (nSPS) is 12.7. The molecule has 156 valence electrons. The zero-order chi connectivity index (χ0) is 21.9. The Morgan fingerprint density at radius 2 is 2.00 bits per heavy atom. The number of aryl methyl sites for hydroxylation is 2. The number of rotatable bonds is 7. The summed E-state index contributed by atoms with van der Waals surface area (Å²) in [4.78, 5) is 16.8. The number of Topliss-reactive ketones (excluding diaryl/α,β-unsaturated/α-hetero) is 1. The standard InChI is InChI=1S/C20H22F3N3O2S/c1-11-6-17(20(21,22)23)16(8-24)19(25-11)29-10-18(27)15-7-12(2)26(14(15)4)13(3)9-28-5/h6-7,13H,9-10H2,1-5H3. The van der Waals surface area contributed by atoms with Crippen LogP contribution in [0.2, 0.25) is 0 Å². The molecule has 0 amide bonds. The van der Waals surface area contributed by atoms with Gasteiger partial charge in [0, 0.05) is 29.8 Å². The van der Waals surface area contributed by atoms with Crippen LogP contribution in [0.5, 0.6) is 0 Å². The van der Waals surface area contributed by atoms with Gasteiger partial charge in [0.2, 0.25) is 0 Å². The molecule has 9 heteroatoms. The fourth-order valence-electron chi connectivity index (χ4n) is 3.35. The first kappa shape index (κ1) is 23.0. The van der Waals surface area contributed by atoms with Gasteiger partial charge in [-0.05, 0) is 39.8 Å². The number of ether oxygens (including phenoxy) is 1. The van der Waals surface area contributed by atoms with E-state index in [4.69, 9.17) is 4.74 Å². The summed E-state index contributed by atoms with van der Waals surface area (Å²) >= 11 is 0.844. The van der Waals surface area contributed by atoms with Crippen molar-refractivity contribution in [3.05, 3.63) is 45.9 Å². The molecule has 0 aliphatic rings. The Hall–Kier alpha value is -2.31. The van der Waals surface area contributed by atoms with Crippen molar-refractivity contribution in [2.24, 2.45) is 0 Å². The van der Waals surface area contributed by atoms with E-state index in [1.165, 1.54) is 6.92 Å². The molecule has 0 spiro atoms. The lowest BCUT2D eigenvalue weighted by molar-refractivity contribution is -0.138. The zero-order valence-corrected chi connectivity index (χ0v) is 17.7. The first-order valence-electron chi connectivity index (χ1n) is 8.83. The molecule has 2 aromatic rings. The van der Waals surface area contributed by atoms with Crippen molar-refractivity contribution in [1.29, 1.82) is 5.26 Å². The molecule has 2 aromatic heterocycles. The maximum absolute atomic E-state index is 13.2. The minimum Gasteiger partial charge on any atom is -0.383 e. The lowest BCUT2D eigenvalue weighted by Crippen LogP contribution is -2.15. The lowest BCUT2D eigenvalue weighted by Gasteiger charge is -2.17. The molecule has 0 saturated heterocycles. The quantitative estimate of drug-likeness (QED) is 0.467. The summed E-state index contributed by atoms with van der Waals surface area (Å²) in [7, 11) is 1.60. The van der Waals surface area contributed by atoms with Gasteiger partial charge in [-0.2, -0.15) is 18.4 Å². The van der Waals surface area contributed by atoms with E-state index in [9.17, 15) is 23.2 Å². The molecule has 29 heavy (non-hydrogen) atoms. The number of carbonyl (C=O) groups is 1. The molecule has 0 saturated carbocycles. The second-order valence-corrected chi connectivity index (χ2v) is 7.74. The molecule has 0 N–H and O–H groups in total. The number of nitriles is 1. The monoisotopic (exact) mass is 425 g/mol. The summed E-state index contributed by atoms with van der Waals surface area (Å²) in [6.45, 7) is 7.59. The van der Waals surface area contributed by atoms with E-state index in [-0.39, 0.29) is 28.3 Å². The van der Waals surface area contributed by atoms with Crippen molar-refractivity contribution < 1.29 is 22.7 Å². The number of thioether (sulfide) groups is 1. The van der Waals surface area contributed by atoms with Gasteiger partial charge in [0.25, 0.3) is 0 Å². The average molecular weight is 425 g/mol. The van der Waals surface area contributed by atoms with Crippen molar-refractivity contribution in [3.63, 3.8) is 0 Å². The Morgan fingerprint density at radius 3 is 2.55 bits per heavy atom. The van der Waals surface area contributed by atoms with Crippen LogP contribution < -0.4 is 0 Å². The smallest absolute Gasteiger partial charge is 0.383 e. The number of aromatic nitrogens is 2. The topological polar surface area (TPSA) is 67.9 Å². The van der Waals surface area contributed by atoms with Crippen LogP contribution in [-0.4, -0.2) is 34.8 Å². The number of pyridine rings is 1. The SMILES string of the molecule is COCC(C)n1c(C)cc(C(=O)CSc2nc(C)cc(C(F)(F)F)c2C#N)c1C. The van der Waals surface area contributed by atoms with Crippen molar-refractivity contribution in [3.8, 4) is 6.07 Å². The van der Waals surface area contributed by atoms with Crippen LogP contribution in [0.1, 0.15) is 51.5 Å². The van der Waals surface area contributed by atoms with Gasteiger partial charge in [-0.1, -0.05) is 11.8 Å². The van der Waals surface area contributed by atoms with E-state index in [0.717, 1.165) is 29.2 Å². The molecule has 2 rings (SSSR count). The van der Waals surface area contributed by atoms with E-state index >= 15 is 0 Å². The summed E-state index contributed by atoms with van der Waals surface area (Å²) < 4.78 is 46.9. The number of hydrogen-bond acceptors (Lipinski definition) is 5. The maximum atomic E-state index is 13.2. The number of hydrogen-bond donors (Lipinski definition) is 0. The molecule has 0 aliphatic heterocycles. The van der Waals surface area contributed by atoms with Gasteiger partial charge in [-0.15, -0.1) is 0 Å². The number of nitrogens with zero attached hydrogens (tertiary/aromatic N) is 3. The summed E-state index contributed by atoms with van der Waals surface area (Å²) in [6, 6.07) is 4.22. The highest BCUT2D eigenvalue weighted by atomic mass is 32.2. The number of methoxy groups -OCH3 is 1. The van der Waals surface area contributed by atoms with Crippen LogP contribution in [0, 0.1) is 32.1 Å². The molecule has 1 atom stereocenters. The third-order valence-electron chi connectivity index (χ3n) is 4.50. The molecular formula is C20H22F3N3O2S. The van der Waals surface area contributed by atoms with Crippen molar-refractivity contribution >= 4 is 17.5 Å². The predicted molar refractivity (Wildman–Crippen MR) is 104 cm³/mol. The zero-order valence-electron chi connectivity index (χ0n) is 16.8. The highest BCUT2D eigenvalue weighted by molar-refractivity contribution is 8.00. The number of halogens is 3. The van der Waals surface area contributed by atoms with Crippen LogP contribution in [0.25, 0.3) is 0 Å². The molecule has 0 bridgehead atoms. The lowest BCUT2D eigenvalue weighted by atomic mass is 10.1. The minimum atomic E-state index is -4.67. The maximum Gasteiger partial charge on any atom is 0.417 e. The highest BCUT2D eigenvalue weighted by Gasteiger charge is 2.35. The Labute approximate surface area is 171 Å². The van der Waals surface area contributed by atoms with E-state index in [0.29, 0.717) is 12.2 Å². The van der Waals surface area contributed by atoms with Crippen molar-refractivity contribution in [2.75, 3.05) is 19.5 Å². The molecule has 2 heterocycles. The summed E-state index contributed by atoms with van der Waals surface area (Å²) in [5.74, 6) is -0.356. The Bertz CT molecular complexity index is 961. The molecule has 0 aliphatic carbocycles. The second-order valence-electron chi connectivity index (χ2n) is 6.77. The van der Waals surface area contributed by atoms with Crippen LogP contribution in [-0.2, 0) is 10.9 Å². The van der Waals surface area contributed by atoms with Gasteiger partial charge in [0.1, 0.15) is 11.1 Å². The van der Waals surface area contributed by atoms with Crippen LogP contribution in [0.3, 0.4) is 0 Å². The molecule has 1 unspecified atom stereocenters. The molecule has 0 radical (unpaired) electrons. The first-order valence-corrected chi connectivity index (χ1v) is 9.82. The number of ketones is 1. The van der Waals surface area contributed by atoms with Gasteiger partial charge in [-0.25, -0.2) is 4.98 Å². The third-order valence-corrected chi connectivity index (χ3v) is 5.48. The van der Waals surface area contributed by atoms with Crippen LogP contribution in [0.4, 0.5) is 13.2 Å². The fourth-order valence-corrected chi connectivity index (χ4v) is 4.28. The molecular weight excluding hydrogens is 403 g/mol. The van der Waals surface area contributed by atoms with Crippen LogP contribution in [0.15, 0.2) is 17.2 Å². The van der Waals surface area contributed by atoms with E-state index in [1.807, 2.05) is 25.3 Å². The average Bonchev–Trinajstić information content (AvgIpc) is 2.93. The van der Waals surface area contributed by atoms with E-state index < -0.39 is 17.3 Å². The molecule has 0 aromatic carbocycles. The van der Waals surface area contributed by atoms with Gasteiger partial charge >= 0.3 is 6.18 Å².